The number of hydrogen-bond donors (Lipinski definition) is 0. The lowest BCUT2D eigenvalue weighted by atomic mass is 10.1. The summed E-state index contributed by atoms with van der Waals surface area (Å²) in [6.07, 6.45) is 5.69. The van der Waals surface area contributed by atoms with Gasteiger partial charge in [-0.2, -0.15) is 0 Å². The number of likely N-dealkylation sites (tertiary alicyclic amines) is 1. The first-order chi connectivity index (χ1) is 9.75. The van der Waals surface area contributed by atoms with Crippen molar-refractivity contribution in [3.63, 3.8) is 0 Å². The van der Waals surface area contributed by atoms with Crippen LogP contribution in [0.1, 0.15) is 53.7 Å². The Morgan fingerprint density at radius 2 is 2.30 bits per heavy atom. The molecule has 1 amide bonds. The molecule has 5 heteroatoms. The maximum Gasteiger partial charge on any atom is 0.290 e. The van der Waals surface area contributed by atoms with Gasteiger partial charge in [-0.3, -0.25) is 4.79 Å². The molecule has 0 aromatic carbocycles. The Bertz CT molecular complexity index is 574. The van der Waals surface area contributed by atoms with E-state index in [1.54, 1.807) is 12.1 Å². The predicted octanol–water partition coefficient (Wildman–Crippen LogP) is 3.33. The molecule has 0 aliphatic carbocycles. The minimum absolute atomic E-state index is 0.0208. The third-order valence-corrected chi connectivity index (χ3v) is 3.73. The Balaban J connectivity index is 1.89. The van der Waals surface area contributed by atoms with E-state index in [1.165, 1.54) is 6.26 Å². The third-order valence-electron chi connectivity index (χ3n) is 3.73. The van der Waals surface area contributed by atoms with Crippen LogP contribution in [0.4, 0.5) is 0 Å². The number of carbonyl (C=O) groups excluding carboxylic acids is 1. The molecule has 2 aromatic heterocycles. The summed E-state index contributed by atoms with van der Waals surface area (Å²) in [5, 5.41) is 4.10. The minimum Gasteiger partial charge on any atom is -0.459 e. The zero-order chi connectivity index (χ0) is 13.9. The van der Waals surface area contributed by atoms with Crippen molar-refractivity contribution in [3.05, 3.63) is 41.7 Å². The summed E-state index contributed by atoms with van der Waals surface area (Å²) < 4.78 is 10.4. The summed E-state index contributed by atoms with van der Waals surface area (Å²) in [4.78, 5) is 14.4. The second kappa shape index (κ2) is 5.53. The second-order valence-corrected chi connectivity index (χ2v) is 5.20. The summed E-state index contributed by atoms with van der Waals surface area (Å²) in [5.74, 6) is 1.09. The van der Waals surface area contributed by atoms with Gasteiger partial charge in [0.15, 0.2) is 5.76 Å². The highest BCUT2D eigenvalue weighted by atomic mass is 16.5. The predicted molar refractivity (Wildman–Crippen MR) is 72.2 cm³/mol. The van der Waals surface area contributed by atoms with Crippen LogP contribution in [0.3, 0.4) is 0 Å². The number of nitrogens with zero attached hydrogens (tertiary/aromatic N) is 2. The van der Waals surface area contributed by atoms with E-state index in [9.17, 15) is 4.79 Å². The second-order valence-electron chi connectivity index (χ2n) is 5.20. The molecule has 1 aliphatic rings. The number of carbonyl (C=O) groups is 1. The van der Waals surface area contributed by atoms with Gasteiger partial charge in [0, 0.05) is 12.6 Å². The highest BCUT2D eigenvalue weighted by Gasteiger charge is 2.30. The van der Waals surface area contributed by atoms with E-state index in [0.717, 1.165) is 43.7 Å². The van der Waals surface area contributed by atoms with Crippen molar-refractivity contribution in [2.24, 2.45) is 0 Å². The van der Waals surface area contributed by atoms with Crippen molar-refractivity contribution in [3.8, 4) is 0 Å². The van der Waals surface area contributed by atoms with E-state index in [1.807, 2.05) is 17.9 Å². The van der Waals surface area contributed by atoms with Gasteiger partial charge >= 0.3 is 0 Å². The molecule has 0 radical (unpaired) electrons. The lowest BCUT2D eigenvalue weighted by Crippen LogP contribution is -2.34. The highest BCUT2D eigenvalue weighted by Crippen LogP contribution is 2.31. The molecule has 5 nitrogen and oxygen atoms in total. The topological polar surface area (TPSA) is 59.5 Å². The van der Waals surface area contributed by atoms with Crippen LogP contribution < -0.4 is 0 Å². The number of rotatable bonds is 2. The number of aromatic nitrogens is 1. The van der Waals surface area contributed by atoms with Gasteiger partial charge < -0.3 is 13.8 Å². The van der Waals surface area contributed by atoms with Crippen LogP contribution in [-0.4, -0.2) is 22.5 Å². The van der Waals surface area contributed by atoms with Crippen LogP contribution in [0.5, 0.6) is 0 Å². The molecule has 1 unspecified atom stereocenters. The van der Waals surface area contributed by atoms with Crippen molar-refractivity contribution in [2.45, 2.75) is 38.6 Å². The fraction of sp³-hybridized carbons (Fsp3) is 0.467. The molecule has 106 valence electrons. The van der Waals surface area contributed by atoms with Gasteiger partial charge in [0.2, 0.25) is 0 Å². The van der Waals surface area contributed by atoms with Crippen molar-refractivity contribution in [2.75, 3.05) is 6.54 Å². The monoisotopic (exact) mass is 274 g/mol. The molecule has 1 saturated heterocycles. The average molecular weight is 274 g/mol. The number of furan rings is 1. The first-order valence-corrected chi connectivity index (χ1v) is 7.03. The SMILES string of the molecule is Cc1cc(C2CCCCCN2C(=O)c2ccco2)no1. The van der Waals surface area contributed by atoms with Crippen molar-refractivity contribution < 1.29 is 13.7 Å². The molecule has 20 heavy (non-hydrogen) atoms. The summed E-state index contributed by atoms with van der Waals surface area (Å²) in [6.45, 7) is 2.60. The normalized spacial score (nSPS) is 19.9. The van der Waals surface area contributed by atoms with E-state index >= 15 is 0 Å². The molecule has 1 aliphatic heterocycles. The zero-order valence-electron chi connectivity index (χ0n) is 11.5. The Morgan fingerprint density at radius 3 is 3.00 bits per heavy atom. The van der Waals surface area contributed by atoms with Crippen LogP contribution >= 0.6 is 0 Å². The largest absolute Gasteiger partial charge is 0.459 e. The number of amides is 1. The van der Waals surface area contributed by atoms with Crippen LogP contribution in [0.2, 0.25) is 0 Å². The summed E-state index contributed by atoms with van der Waals surface area (Å²) in [5.41, 5.74) is 0.837. The molecular formula is C15H18N2O3. The molecule has 1 atom stereocenters. The van der Waals surface area contributed by atoms with Gasteiger partial charge in [0.05, 0.1) is 12.3 Å². The standard InChI is InChI=1S/C15H18N2O3/c1-11-10-12(16-20-11)13-6-3-2-4-8-17(13)15(18)14-7-5-9-19-14/h5,7,9-10,13H,2-4,6,8H2,1H3. The minimum atomic E-state index is -0.0671. The van der Waals surface area contributed by atoms with E-state index in [0.29, 0.717) is 5.76 Å². The smallest absolute Gasteiger partial charge is 0.290 e. The maximum absolute atomic E-state index is 12.6. The molecule has 0 spiro atoms. The van der Waals surface area contributed by atoms with E-state index < -0.39 is 0 Å². The highest BCUT2D eigenvalue weighted by molar-refractivity contribution is 5.91. The van der Waals surface area contributed by atoms with Crippen molar-refractivity contribution >= 4 is 5.91 Å². The van der Waals surface area contributed by atoms with Crippen LogP contribution in [0, 0.1) is 6.92 Å². The van der Waals surface area contributed by atoms with Crippen LogP contribution in [0.25, 0.3) is 0 Å². The molecule has 0 saturated carbocycles. The molecule has 2 aromatic rings. The lowest BCUT2D eigenvalue weighted by molar-refractivity contribution is 0.0641. The average Bonchev–Trinajstić information content (AvgIpc) is 3.05. The van der Waals surface area contributed by atoms with E-state index in [4.69, 9.17) is 8.94 Å². The third kappa shape index (κ3) is 2.48. The van der Waals surface area contributed by atoms with Crippen molar-refractivity contribution in [1.29, 1.82) is 0 Å². The van der Waals surface area contributed by atoms with Gasteiger partial charge in [0.1, 0.15) is 11.5 Å². The van der Waals surface area contributed by atoms with Gasteiger partial charge in [-0.25, -0.2) is 0 Å². The lowest BCUT2D eigenvalue weighted by Gasteiger charge is -2.27. The first kappa shape index (κ1) is 13.0. The maximum atomic E-state index is 12.6. The molecule has 0 bridgehead atoms. The number of aryl methyl sites for hydroxylation is 1. The van der Waals surface area contributed by atoms with E-state index in [-0.39, 0.29) is 11.9 Å². The molecule has 3 rings (SSSR count). The molecular weight excluding hydrogens is 256 g/mol. The van der Waals surface area contributed by atoms with Gasteiger partial charge in [-0.1, -0.05) is 18.0 Å². The Kier molecular flexibility index (Phi) is 3.58. The summed E-state index contributed by atoms with van der Waals surface area (Å²) in [6, 6.07) is 5.34. The van der Waals surface area contributed by atoms with Crippen molar-refractivity contribution in [1.82, 2.24) is 10.1 Å². The first-order valence-electron chi connectivity index (χ1n) is 7.03. The Labute approximate surface area is 117 Å². The van der Waals surface area contributed by atoms with Gasteiger partial charge in [-0.15, -0.1) is 0 Å². The summed E-state index contributed by atoms with van der Waals surface area (Å²) in [7, 11) is 0. The van der Waals surface area contributed by atoms with Crippen LogP contribution in [-0.2, 0) is 0 Å². The fourth-order valence-electron chi connectivity index (χ4n) is 2.74. The zero-order valence-corrected chi connectivity index (χ0v) is 11.5. The Hall–Kier alpha value is -2.04. The fourth-order valence-corrected chi connectivity index (χ4v) is 2.74. The summed E-state index contributed by atoms with van der Waals surface area (Å²) >= 11 is 0. The van der Waals surface area contributed by atoms with E-state index in [2.05, 4.69) is 5.16 Å². The quantitative estimate of drug-likeness (QED) is 0.842. The molecule has 0 N–H and O–H groups in total. The van der Waals surface area contributed by atoms with Crippen LogP contribution in [0.15, 0.2) is 33.4 Å². The molecule has 1 fully saturated rings. The Morgan fingerprint density at radius 1 is 1.40 bits per heavy atom. The van der Waals surface area contributed by atoms with Gasteiger partial charge in [0.25, 0.3) is 5.91 Å². The van der Waals surface area contributed by atoms with Gasteiger partial charge in [-0.05, 0) is 31.9 Å². The number of hydrogen-bond acceptors (Lipinski definition) is 4. The molecule has 3 heterocycles.